The van der Waals surface area contributed by atoms with Crippen molar-refractivity contribution in [1.82, 2.24) is 5.32 Å². The lowest BCUT2D eigenvalue weighted by atomic mass is 10.2. The van der Waals surface area contributed by atoms with E-state index in [1.807, 2.05) is 6.07 Å². The second-order valence-electron chi connectivity index (χ2n) is 5.09. The van der Waals surface area contributed by atoms with Gasteiger partial charge in [-0.2, -0.15) is 13.2 Å². The number of alkyl halides is 3. The molecule has 0 aromatic heterocycles. The molecule has 5 nitrogen and oxygen atoms in total. The molecule has 0 bridgehead atoms. The van der Waals surface area contributed by atoms with Crippen LogP contribution in [-0.4, -0.2) is 25.9 Å². The summed E-state index contributed by atoms with van der Waals surface area (Å²) in [7, 11) is 1.55. The molecule has 0 saturated heterocycles. The zero-order valence-corrected chi connectivity index (χ0v) is 13.4. The fourth-order valence-corrected chi connectivity index (χ4v) is 1.97. The fraction of sp³-hybridized carbons (Fsp3) is 0.235. The summed E-state index contributed by atoms with van der Waals surface area (Å²) in [6.45, 7) is -1.12. The number of ether oxygens (including phenoxy) is 2. The second-order valence-corrected chi connectivity index (χ2v) is 5.09. The van der Waals surface area contributed by atoms with Gasteiger partial charge in [-0.05, 0) is 29.8 Å². The Morgan fingerprint density at radius 3 is 2.52 bits per heavy atom. The average Bonchev–Trinajstić information content (AvgIpc) is 2.58. The van der Waals surface area contributed by atoms with E-state index in [0.29, 0.717) is 11.4 Å². The van der Waals surface area contributed by atoms with Crippen molar-refractivity contribution in [3.8, 4) is 11.5 Å². The number of halogens is 3. The van der Waals surface area contributed by atoms with E-state index >= 15 is 0 Å². The topological polar surface area (TPSA) is 59.6 Å². The Bertz CT molecular complexity index is 720. The number of nitrogens with one attached hydrogen (secondary N) is 2. The molecule has 8 heteroatoms. The van der Waals surface area contributed by atoms with Crippen LogP contribution in [0, 0.1) is 0 Å². The molecule has 134 valence electrons. The molecule has 0 fully saturated rings. The number of carbonyl (C=O) groups is 1. The summed E-state index contributed by atoms with van der Waals surface area (Å²) in [6.07, 6.45) is -4.42. The number of methoxy groups -OCH3 is 1. The first-order valence-electron chi connectivity index (χ1n) is 7.33. The highest BCUT2D eigenvalue weighted by Crippen LogP contribution is 2.21. The third-order valence-corrected chi connectivity index (χ3v) is 3.08. The SMILES string of the molecule is COc1cccc(CNC(=O)Nc2cccc(OCC(F)(F)F)c2)c1. The van der Waals surface area contributed by atoms with Crippen molar-refractivity contribution in [3.05, 3.63) is 54.1 Å². The van der Waals surface area contributed by atoms with Crippen LogP contribution < -0.4 is 20.1 Å². The Kier molecular flexibility index (Phi) is 6.10. The summed E-state index contributed by atoms with van der Waals surface area (Å²) in [5.74, 6) is 0.692. The van der Waals surface area contributed by atoms with Gasteiger partial charge in [0.1, 0.15) is 11.5 Å². The summed E-state index contributed by atoms with van der Waals surface area (Å²) < 4.78 is 46.2. The lowest BCUT2D eigenvalue weighted by molar-refractivity contribution is -0.153. The van der Waals surface area contributed by atoms with Gasteiger partial charge in [-0.3, -0.25) is 0 Å². The molecule has 2 aromatic carbocycles. The van der Waals surface area contributed by atoms with Crippen molar-refractivity contribution in [3.63, 3.8) is 0 Å². The molecule has 0 saturated carbocycles. The number of carbonyl (C=O) groups excluding carboxylic acids is 1. The lowest BCUT2D eigenvalue weighted by Crippen LogP contribution is -2.28. The second kappa shape index (κ2) is 8.27. The van der Waals surface area contributed by atoms with E-state index in [-0.39, 0.29) is 12.3 Å². The summed E-state index contributed by atoms with van der Waals surface area (Å²) in [4.78, 5) is 11.9. The molecule has 0 aliphatic rings. The molecule has 2 rings (SSSR count). The van der Waals surface area contributed by atoms with Gasteiger partial charge in [0.25, 0.3) is 0 Å². The van der Waals surface area contributed by atoms with E-state index in [0.717, 1.165) is 5.56 Å². The van der Waals surface area contributed by atoms with Gasteiger partial charge in [0.05, 0.1) is 7.11 Å². The van der Waals surface area contributed by atoms with E-state index < -0.39 is 18.8 Å². The molecule has 0 heterocycles. The molecule has 0 spiro atoms. The first-order valence-corrected chi connectivity index (χ1v) is 7.33. The molecule has 0 aliphatic carbocycles. The van der Waals surface area contributed by atoms with Crippen molar-refractivity contribution in [2.24, 2.45) is 0 Å². The van der Waals surface area contributed by atoms with Crippen LogP contribution in [0.15, 0.2) is 48.5 Å². The molecule has 0 aliphatic heterocycles. The fourth-order valence-electron chi connectivity index (χ4n) is 1.97. The molecule has 0 radical (unpaired) electrons. The number of hydrogen-bond acceptors (Lipinski definition) is 3. The molecule has 25 heavy (non-hydrogen) atoms. The van der Waals surface area contributed by atoms with Crippen molar-refractivity contribution < 1.29 is 27.4 Å². The van der Waals surface area contributed by atoms with Crippen molar-refractivity contribution in [2.75, 3.05) is 19.0 Å². The number of amides is 2. The lowest BCUT2D eigenvalue weighted by Gasteiger charge is -2.11. The first-order chi connectivity index (χ1) is 11.9. The van der Waals surface area contributed by atoms with Crippen molar-refractivity contribution in [2.45, 2.75) is 12.7 Å². The largest absolute Gasteiger partial charge is 0.497 e. The van der Waals surface area contributed by atoms with Crippen LogP contribution in [0.3, 0.4) is 0 Å². The number of anilines is 1. The van der Waals surface area contributed by atoms with Gasteiger partial charge in [0, 0.05) is 18.3 Å². The van der Waals surface area contributed by atoms with Gasteiger partial charge in [-0.25, -0.2) is 4.79 Å². The average molecular weight is 354 g/mol. The molecule has 2 aromatic rings. The zero-order chi connectivity index (χ0) is 18.3. The van der Waals surface area contributed by atoms with E-state index in [9.17, 15) is 18.0 Å². The minimum atomic E-state index is -4.42. The molecular formula is C17H17F3N2O3. The smallest absolute Gasteiger partial charge is 0.422 e. The maximum atomic E-state index is 12.2. The Hall–Kier alpha value is -2.90. The first kappa shape index (κ1) is 18.4. The monoisotopic (exact) mass is 354 g/mol. The third kappa shape index (κ3) is 6.62. The van der Waals surface area contributed by atoms with Crippen LogP contribution in [0.1, 0.15) is 5.56 Å². The van der Waals surface area contributed by atoms with Crippen LogP contribution in [0.4, 0.5) is 23.7 Å². The Balaban J connectivity index is 1.87. The van der Waals surface area contributed by atoms with Crippen LogP contribution in [0.25, 0.3) is 0 Å². The highest BCUT2D eigenvalue weighted by Gasteiger charge is 2.28. The van der Waals surface area contributed by atoms with Gasteiger partial charge in [-0.1, -0.05) is 18.2 Å². The van der Waals surface area contributed by atoms with Gasteiger partial charge in [0.15, 0.2) is 6.61 Å². The Labute approximate surface area is 142 Å². The predicted molar refractivity (Wildman–Crippen MR) is 86.8 cm³/mol. The number of hydrogen-bond donors (Lipinski definition) is 2. The van der Waals surface area contributed by atoms with Gasteiger partial charge in [0.2, 0.25) is 0 Å². The maximum Gasteiger partial charge on any atom is 0.422 e. The number of benzene rings is 2. The molecule has 0 unspecified atom stereocenters. The van der Waals surface area contributed by atoms with Crippen LogP contribution in [0.2, 0.25) is 0 Å². The quantitative estimate of drug-likeness (QED) is 0.826. The van der Waals surface area contributed by atoms with Gasteiger partial charge >= 0.3 is 12.2 Å². The Morgan fingerprint density at radius 1 is 1.08 bits per heavy atom. The molecule has 2 amide bonds. The van der Waals surface area contributed by atoms with E-state index in [1.54, 1.807) is 31.4 Å². The van der Waals surface area contributed by atoms with Crippen molar-refractivity contribution in [1.29, 1.82) is 0 Å². The normalized spacial score (nSPS) is 10.9. The van der Waals surface area contributed by atoms with Gasteiger partial charge in [-0.15, -0.1) is 0 Å². The highest BCUT2D eigenvalue weighted by atomic mass is 19.4. The summed E-state index contributed by atoms with van der Waals surface area (Å²) in [5, 5.41) is 5.18. The van der Waals surface area contributed by atoms with Gasteiger partial charge < -0.3 is 20.1 Å². The van der Waals surface area contributed by atoms with E-state index in [1.165, 1.54) is 18.2 Å². The summed E-state index contributed by atoms with van der Waals surface area (Å²) in [6, 6.07) is 12.4. The van der Waals surface area contributed by atoms with Crippen LogP contribution >= 0.6 is 0 Å². The summed E-state index contributed by atoms with van der Waals surface area (Å²) in [5.41, 5.74) is 1.17. The number of urea groups is 1. The summed E-state index contributed by atoms with van der Waals surface area (Å²) >= 11 is 0. The van der Waals surface area contributed by atoms with Crippen LogP contribution in [-0.2, 0) is 6.54 Å². The number of rotatable bonds is 6. The standard InChI is InChI=1S/C17H17F3N2O3/c1-24-14-6-2-4-12(8-14)10-21-16(23)22-13-5-3-7-15(9-13)25-11-17(18,19)20/h2-9H,10-11H2,1H3,(H2,21,22,23). The maximum absolute atomic E-state index is 12.2. The molecular weight excluding hydrogens is 337 g/mol. The minimum absolute atomic E-state index is 0.0166. The van der Waals surface area contributed by atoms with E-state index in [4.69, 9.17) is 4.74 Å². The third-order valence-electron chi connectivity index (χ3n) is 3.08. The van der Waals surface area contributed by atoms with Crippen LogP contribution in [0.5, 0.6) is 11.5 Å². The minimum Gasteiger partial charge on any atom is -0.497 e. The zero-order valence-electron chi connectivity index (χ0n) is 13.4. The van der Waals surface area contributed by atoms with E-state index in [2.05, 4.69) is 15.4 Å². The molecule has 0 atom stereocenters. The van der Waals surface area contributed by atoms with Crippen molar-refractivity contribution >= 4 is 11.7 Å². The molecule has 2 N–H and O–H groups in total. The highest BCUT2D eigenvalue weighted by molar-refractivity contribution is 5.89. The predicted octanol–water partition coefficient (Wildman–Crippen LogP) is 3.96. The Morgan fingerprint density at radius 2 is 1.80 bits per heavy atom.